The summed E-state index contributed by atoms with van der Waals surface area (Å²) in [6.07, 6.45) is 3.73. The minimum Gasteiger partial charge on any atom is -0.481 e. The van der Waals surface area contributed by atoms with Crippen LogP contribution < -0.4 is 0 Å². The molecule has 18 heavy (non-hydrogen) atoms. The van der Waals surface area contributed by atoms with E-state index in [2.05, 4.69) is 23.0 Å². The zero-order valence-corrected chi connectivity index (χ0v) is 10.6. The van der Waals surface area contributed by atoms with Gasteiger partial charge in [-0.2, -0.15) is 0 Å². The Kier molecular flexibility index (Phi) is 3.97. The van der Waals surface area contributed by atoms with E-state index in [4.69, 9.17) is 5.11 Å². The van der Waals surface area contributed by atoms with Gasteiger partial charge in [-0.15, -0.1) is 0 Å². The molecule has 0 bridgehead atoms. The van der Waals surface area contributed by atoms with Gasteiger partial charge in [0.2, 0.25) is 0 Å². The fourth-order valence-electron chi connectivity index (χ4n) is 2.06. The molecule has 1 aromatic carbocycles. The molecule has 0 saturated heterocycles. The molecule has 0 aliphatic rings. The SMILES string of the molecule is CCCc1nc2ccc(CCCC(=O)O)cc2[nH]1. The molecule has 0 radical (unpaired) electrons. The number of rotatable bonds is 6. The average Bonchev–Trinajstić information content (AvgIpc) is 2.70. The summed E-state index contributed by atoms with van der Waals surface area (Å²) in [5.74, 6) is 0.290. The molecule has 4 heteroatoms. The van der Waals surface area contributed by atoms with Crippen LogP contribution in [0.1, 0.15) is 37.6 Å². The summed E-state index contributed by atoms with van der Waals surface area (Å²) >= 11 is 0. The Hall–Kier alpha value is -1.84. The van der Waals surface area contributed by atoms with Crippen LogP contribution in [0.5, 0.6) is 0 Å². The van der Waals surface area contributed by atoms with E-state index >= 15 is 0 Å². The van der Waals surface area contributed by atoms with E-state index in [0.29, 0.717) is 6.42 Å². The molecule has 1 heterocycles. The monoisotopic (exact) mass is 246 g/mol. The molecule has 0 spiro atoms. The largest absolute Gasteiger partial charge is 0.481 e. The summed E-state index contributed by atoms with van der Waals surface area (Å²) < 4.78 is 0. The van der Waals surface area contributed by atoms with Crippen molar-refractivity contribution in [3.05, 3.63) is 29.6 Å². The fraction of sp³-hybridized carbons (Fsp3) is 0.429. The Morgan fingerprint density at radius 3 is 2.94 bits per heavy atom. The van der Waals surface area contributed by atoms with Crippen LogP contribution in [-0.4, -0.2) is 21.0 Å². The number of hydrogen-bond acceptors (Lipinski definition) is 2. The maximum absolute atomic E-state index is 10.5. The van der Waals surface area contributed by atoms with Gasteiger partial charge in [0.05, 0.1) is 11.0 Å². The van der Waals surface area contributed by atoms with Gasteiger partial charge in [-0.05, 0) is 37.0 Å². The number of aliphatic carboxylic acids is 1. The van der Waals surface area contributed by atoms with Gasteiger partial charge in [0, 0.05) is 12.8 Å². The van der Waals surface area contributed by atoms with Gasteiger partial charge in [-0.3, -0.25) is 4.79 Å². The van der Waals surface area contributed by atoms with E-state index in [-0.39, 0.29) is 6.42 Å². The predicted octanol–water partition coefficient (Wildman–Crippen LogP) is 2.92. The zero-order chi connectivity index (χ0) is 13.0. The third kappa shape index (κ3) is 3.09. The van der Waals surface area contributed by atoms with Crippen LogP contribution in [0.2, 0.25) is 0 Å². The highest BCUT2D eigenvalue weighted by atomic mass is 16.4. The third-order valence-corrected chi connectivity index (χ3v) is 2.94. The third-order valence-electron chi connectivity index (χ3n) is 2.94. The highest BCUT2D eigenvalue weighted by molar-refractivity contribution is 5.75. The molecule has 2 aromatic rings. The molecule has 1 aromatic heterocycles. The van der Waals surface area contributed by atoms with Gasteiger partial charge in [-0.25, -0.2) is 4.98 Å². The maximum Gasteiger partial charge on any atom is 0.303 e. The number of carboxylic acid groups (broad SMARTS) is 1. The van der Waals surface area contributed by atoms with Crippen LogP contribution in [0.25, 0.3) is 11.0 Å². The lowest BCUT2D eigenvalue weighted by atomic mass is 10.1. The number of H-pyrrole nitrogens is 1. The number of nitrogens with zero attached hydrogens (tertiary/aromatic N) is 1. The Morgan fingerprint density at radius 1 is 1.39 bits per heavy atom. The second-order valence-corrected chi connectivity index (χ2v) is 4.53. The maximum atomic E-state index is 10.5. The van der Waals surface area contributed by atoms with Crippen LogP contribution in [0.3, 0.4) is 0 Å². The smallest absolute Gasteiger partial charge is 0.303 e. The Labute approximate surface area is 106 Å². The Bertz CT molecular complexity index is 546. The number of aromatic nitrogens is 2. The molecule has 96 valence electrons. The number of fused-ring (bicyclic) bond motifs is 1. The lowest BCUT2D eigenvalue weighted by molar-refractivity contribution is -0.137. The van der Waals surface area contributed by atoms with Crippen molar-refractivity contribution in [1.29, 1.82) is 0 Å². The summed E-state index contributed by atoms with van der Waals surface area (Å²) in [6.45, 7) is 2.13. The number of imidazole rings is 1. The van der Waals surface area contributed by atoms with Crippen molar-refractivity contribution in [3.63, 3.8) is 0 Å². The van der Waals surface area contributed by atoms with Crippen molar-refractivity contribution in [3.8, 4) is 0 Å². The van der Waals surface area contributed by atoms with E-state index in [1.807, 2.05) is 12.1 Å². The lowest BCUT2D eigenvalue weighted by Gasteiger charge is -1.99. The zero-order valence-electron chi connectivity index (χ0n) is 10.6. The van der Waals surface area contributed by atoms with Crippen LogP contribution in [0.15, 0.2) is 18.2 Å². The first-order valence-electron chi connectivity index (χ1n) is 6.38. The molecule has 0 aliphatic carbocycles. The van der Waals surface area contributed by atoms with E-state index in [1.165, 1.54) is 0 Å². The van der Waals surface area contributed by atoms with Crippen LogP contribution in [-0.2, 0) is 17.6 Å². The van der Waals surface area contributed by atoms with Crippen molar-refractivity contribution >= 4 is 17.0 Å². The Morgan fingerprint density at radius 2 is 2.22 bits per heavy atom. The summed E-state index contributed by atoms with van der Waals surface area (Å²) in [6, 6.07) is 6.10. The normalized spacial score (nSPS) is 10.9. The van der Waals surface area contributed by atoms with Crippen molar-refractivity contribution in [1.82, 2.24) is 9.97 Å². The van der Waals surface area contributed by atoms with Crippen LogP contribution >= 0.6 is 0 Å². The second-order valence-electron chi connectivity index (χ2n) is 4.53. The summed E-state index contributed by atoms with van der Waals surface area (Å²) in [7, 11) is 0. The Balaban J connectivity index is 2.09. The molecule has 4 nitrogen and oxygen atoms in total. The first-order chi connectivity index (χ1) is 8.69. The number of carbonyl (C=O) groups is 1. The standard InChI is InChI=1S/C14H18N2O2/c1-2-4-13-15-11-8-7-10(9-12(11)16-13)5-3-6-14(17)18/h7-9H,2-6H2,1H3,(H,15,16)(H,17,18). The summed E-state index contributed by atoms with van der Waals surface area (Å²) in [5.41, 5.74) is 3.20. The van der Waals surface area contributed by atoms with Gasteiger partial charge in [0.1, 0.15) is 5.82 Å². The topological polar surface area (TPSA) is 66.0 Å². The molecule has 2 N–H and O–H groups in total. The molecule has 0 aliphatic heterocycles. The molecular formula is C14H18N2O2. The van der Waals surface area contributed by atoms with Crippen molar-refractivity contribution in [2.24, 2.45) is 0 Å². The summed E-state index contributed by atoms with van der Waals surface area (Å²) in [5, 5.41) is 8.61. The lowest BCUT2D eigenvalue weighted by Crippen LogP contribution is -1.95. The fourth-order valence-corrected chi connectivity index (χ4v) is 2.06. The molecule has 0 amide bonds. The number of aryl methyl sites for hydroxylation is 2. The number of benzene rings is 1. The van der Waals surface area contributed by atoms with Crippen molar-refractivity contribution in [2.45, 2.75) is 39.0 Å². The molecule has 2 rings (SSSR count). The predicted molar refractivity (Wildman–Crippen MR) is 70.7 cm³/mol. The van der Waals surface area contributed by atoms with Crippen LogP contribution in [0.4, 0.5) is 0 Å². The number of aromatic amines is 1. The van der Waals surface area contributed by atoms with E-state index in [0.717, 1.165) is 41.7 Å². The number of nitrogens with one attached hydrogen (secondary N) is 1. The molecule has 0 fully saturated rings. The first kappa shape index (κ1) is 12.6. The van der Waals surface area contributed by atoms with Gasteiger partial charge in [-0.1, -0.05) is 13.0 Å². The van der Waals surface area contributed by atoms with E-state index < -0.39 is 5.97 Å². The van der Waals surface area contributed by atoms with Gasteiger partial charge in [0.25, 0.3) is 0 Å². The number of carboxylic acids is 1. The minimum atomic E-state index is -0.733. The van der Waals surface area contributed by atoms with E-state index in [1.54, 1.807) is 0 Å². The molecular weight excluding hydrogens is 228 g/mol. The molecule has 0 unspecified atom stereocenters. The summed E-state index contributed by atoms with van der Waals surface area (Å²) in [4.78, 5) is 18.3. The van der Waals surface area contributed by atoms with Gasteiger partial charge >= 0.3 is 5.97 Å². The highest BCUT2D eigenvalue weighted by Crippen LogP contribution is 2.16. The van der Waals surface area contributed by atoms with Crippen molar-refractivity contribution < 1.29 is 9.90 Å². The second kappa shape index (κ2) is 5.67. The van der Waals surface area contributed by atoms with Gasteiger partial charge in [0.15, 0.2) is 0 Å². The highest BCUT2D eigenvalue weighted by Gasteiger charge is 2.04. The minimum absolute atomic E-state index is 0.224. The van der Waals surface area contributed by atoms with Crippen molar-refractivity contribution in [2.75, 3.05) is 0 Å². The first-order valence-corrected chi connectivity index (χ1v) is 6.38. The molecule has 0 atom stereocenters. The van der Waals surface area contributed by atoms with Crippen LogP contribution in [0, 0.1) is 0 Å². The number of hydrogen-bond donors (Lipinski definition) is 2. The molecule has 0 saturated carbocycles. The van der Waals surface area contributed by atoms with Gasteiger partial charge < -0.3 is 10.1 Å². The average molecular weight is 246 g/mol. The van der Waals surface area contributed by atoms with E-state index in [9.17, 15) is 4.79 Å². The quantitative estimate of drug-likeness (QED) is 0.823.